The molecular formula is C21H17Cl2FN2O2S. The smallest absolute Gasteiger partial charge is 0.262 e. The van der Waals surface area contributed by atoms with Crippen LogP contribution in [0.4, 0.5) is 9.39 Å². The van der Waals surface area contributed by atoms with Crippen LogP contribution in [0.3, 0.4) is 0 Å². The second-order valence-corrected chi connectivity index (χ2v) is 8.35. The van der Waals surface area contributed by atoms with Gasteiger partial charge in [0.05, 0.1) is 26.5 Å². The number of carbonyl (C=O) groups excluding carboxylic acids is 2. The molecule has 1 heterocycles. The van der Waals surface area contributed by atoms with Crippen LogP contribution in [-0.4, -0.2) is 11.8 Å². The Morgan fingerprint density at radius 2 is 1.83 bits per heavy atom. The van der Waals surface area contributed by atoms with E-state index in [9.17, 15) is 14.0 Å². The molecule has 0 aliphatic carbocycles. The van der Waals surface area contributed by atoms with E-state index >= 15 is 0 Å². The average molecular weight is 451 g/mol. The first-order valence-corrected chi connectivity index (χ1v) is 10.2. The molecule has 0 spiro atoms. The topological polar surface area (TPSA) is 58.2 Å². The Morgan fingerprint density at radius 1 is 1.07 bits per heavy atom. The molecule has 29 heavy (non-hydrogen) atoms. The molecule has 2 N–H and O–H groups in total. The van der Waals surface area contributed by atoms with Crippen LogP contribution >= 0.6 is 34.5 Å². The van der Waals surface area contributed by atoms with E-state index in [-0.39, 0.29) is 22.5 Å². The highest BCUT2D eigenvalue weighted by Gasteiger charge is 2.19. The number of rotatable bonds is 5. The number of hydrogen-bond acceptors (Lipinski definition) is 3. The summed E-state index contributed by atoms with van der Waals surface area (Å²) in [5.41, 5.74) is 1.77. The molecule has 1 aromatic heterocycles. The Hall–Kier alpha value is -2.41. The van der Waals surface area contributed by atoms with Crippen molar-refractivity contribution in [3.63, 3.8) is 0 Å². The zero-order chi connectivity index (χ0) is 21.1. The van der Waals surface area contributed by atoms with Gasteiger partial charge in [-0.3, -0.25) is 9.59 Å². The minimum Gasteiger partial charge on any atom is -0.345 e. The molecule has 0 aliphatic heterocycles. The van der Waals surface area contributed by atoms with E-state index in [0.717, 1.165) is 34.6 Å². The van der Waals surface area contributed by atoms with Gasteiger partial charge >= 0.3 is 0 Å². The SMILES string of the molecule is Cc1cc(NC(=O)c2ccc(F)cc2Cl)sc1C(=O)NC(C)c1cccc(Cl)c1. The lowest BCUT2D eigenvalue weighted by Crippen LogP contribution is -2.26. The summed E-state index contributed by atoms with van der Waals surface area (Å²) in [5.74, 6) is -1.25. The Kier molecular flexibility index (Phi) is 6.57. The minimum absolute atomic E-state index is 0.0177. The van der Waals surface area contributed by atoms with Crippen LogP contribution in [-0.2, 0) is 0 Å². The molecule has 0 aliphatic rings. The lowest BCUT2D eigenvalue weighted by atomic mass is 10.1. The van der Waals surface area contributed by atoms with Gasteiger partial charge in [-0.1, -0.05) is 35.3 Å². The first-order chi connectivity index (χ1) is 13.7. The standard InChI is InChI=1S/C21H17Cl2FN2O2S/c1-11-8-18(26-20(27)16-7-6-15(24)10-17(16)23)29-19(11)21(28)25-12(2)13-4-3-5-14(22)9-13/h3-10,12H,1-2H3,(H,25,28)(H,26,27). The van der Waals surface area contributed by atoms with Gasteiger partial charge in [0.15, 0.2) is 0 Å². The summed E-state index contributed by atoms with van der Waals surface area (Å²) < 4.78 is 13.2. The lowest BCUT2D eigenvalue weighted by Gasteiger charge is -2.14. The summed E-state index contributed by atoms with van der Waals surface area (Å²) in [7, 11) is 0. The molecule has 1 unspecified atom stereocenters. The fourth-order valence-corrected chi connectivity index (χ4v) is 4.17. The van der Waals surface area contributed by atoms with Gasteiger partial charge in [-0.05, 0) is 61.4 Å². The largest absolute Gasteiger partial charge is 0.345 e. The normalized spacial score (nSPS) is 11.8. The molecule has 3 rings (SSSR count). The van der Waals surface area contributed by atoms with E-state index in [1.54, 1.807) is 25.1 Å². The van der Waals surface area contributed by atoms with Crippen molar-refractivity contribution >= 4 is 51.4 Å². The third-order valence-electron chi connectivity index (χ3n) is 4.23. The molecule has 0 saturated carbocycles. The zero-order valence-electron chi connectivity index (χ0n) is 15.6. The second kappa shape index (κ2) is 8.95. The van der Waals surface area contributed by atoms with Gasteiger partial charge in [-0.15, -0.1) is 11.3 Å². The van der Waals surface area contributed by atoms with Gasteiger partial charge in [0.2, 0.25) is 0 Å². The highest BCUT2D eigenvalue weighted by molar-refractivity contribution is 7.18. The number of carbonyl (C=O) groups is 2. The molecule has 3 aromatic rings. The second-order valence-electron chi connectivity index (χ2n) is 6.45. The molecule has 0 bridgehead atoms. The minimum atomic E-state index is -0.522. The van der Waals surface area contributed by atoms with E-state index in [1.165, 1.54) is 6.07 Å². The van der Waals surface area contributed by atoms with Crippen LogP contribution in [0.25, 0.3) is 0 Å². The van der Waals surface area contributed by atoms with E-state index in [0.29, 0.717) is 14.9 Å². The monoisotopic (exact) mass is 450 g/mol. The highest BCUT2D eigenvalue weighted by Crippen LogP contribution is 2.29. The van der Waals surface area contributed by atoms with E-state index in [4.69, 9.17) is 23.2 Å². The van der Waals surface area contributed by atoms with Crippen molar-refractivity contribution in [1.29, 1.82) is 0 Å². The maximum Gasteiger partial charge on any atom is 0.262 e. The molecular weight excluding hydrogens is 434 g/mol. The fourth-order valence-electron chi connectivity index (χ4n) is 2.74. The van der Waals surface area contributed by atoms with E-state index < -0.39 is 11.7 Å². The molecule has 4 nitrogen and oxygen atoms in total. The van der Waals surface area contributed by atoms with Gasteiger partial charge in [0, 0.05) is 5.02 Å². The first kappa shape index (κ1) is 21.3. The van der Waals surface area contributed by atoms with Gasteiger partial charge in [-0.2, -0.15) is 0 Å². The third-order valence-corrected chi connectivity index (χ3v) is 5.93. The number of anilines is 1. The number of amides is 2. The average Bonchev–Trinajstić information content (AvgIpc) is 3.01. The quantitative estimate of drug-likeness (QED) is 0.482. The summed E-state index contributed by atoms with van der Waals surface area (Å²) in [6.45, 7) is 3.65. The summed E-state index contributed by atoms with van der Waals surface area (Å²) >= 11 is 13.1. The van der Waals surface area contributed by atoms with Crippen molar-refractivity contribution in [2.75, 3.05) is 5.32 Å². The number of benzene rings is 2. The van der Waals surface area contributed by atoms with Crippen molar-refractivity contribution in [2.45, 2.75) is 19.9 Å². The molecule has 0 fully saturated rings. The number of thiophene rings is 1. The summed E-state index contributed by atoms with van der Waals surface area (Å²) in [6.07, 6.45) is 0. The Morgan fingerprint density at radius 3 is 2.52 bits per heavy atom. The summed E-state index contributed by atoms with van der Waals surface area (Å²) in [5, 5.41) is 6.74. The number of aryl methyl sites for hydroxylation is 1. The highest BCUT2D eigenvalue weighted by atomic mass is 35.5. The molecule has 150 valence electrons. The van der Waals surface area contributed by atoms with Crippen LogP contribution in [0.5, 0.6) is 0 Å². The predicted molar refractivity (Wildman–Crippen MR) is 116 cm³/mol. The van der Waals surface area contributed by atoms with E-state index in [2.05, 4.69) is 10.6 Å². The number of nitrogens with one attached hydrogen (secondary N) is 2. The number of hydrogen-bond donors (Lipinski definition) is 2. The fraction of sp³-hybridized carbons (Fsp3) is 0.143. The van der Waals surface area contributed by atoms with Crippen LogP contribution in [0.15, 0.2) is 48.5 Å². The van der Waals surface area contributed by atoms with Crippen molar-refractivity contribution < 1.29 is 14.0 Å². The van der Waals surface area contributed by atoms with Crippen molar-refractivity contribution in [3.05, 3.63) is 86.0 Å². The van der Waals surface area contributed by atoms with Crippen LogP contribution in [0, 0.1) is 12.7 Å². The van der Waals surface area contributed by atoms with Gasteiger partial charge in [0.1, 0.15) is 5.82 Å². The Balaban J connectivity index is 1.72. The molecule has 1 atom stereocenters. The van der Waals surface area contributed by atoms with Gasteiger partial charge < -0.3 is 10.6 Å². The van der Waals surface area contributed by atoms with E-state index in [1.807, 2.05) is 19.1 Å². The molecule has 0 radical (unpaired) electrons. The van der Waals surface area contributed by atoms with Crippen molar-refractivity contribution in [3.8, 4) is 0 Å². The summed E-state index contributed by atoms with van der Waals surface area (Å²) in [6, 6.07) is 12.3. The summed E-state index contributed by atoms with van der Waals surface area (Å²) in [4.78, 5) is 25.6. The van der Waals surface area contributed by atoms with Crippen LogP contribution in [0.2, 0.25) is 10.0 Å². The van der Waals surface area contributed by atoms with Crippen LogP contribution < -0.4 is 10.6 Å². The number of halogens is 3. The third kappa shape index (κ3) is 5.15. The zero-order valence-corrected chi connectivity index (χ0v) is 17.9. The molecule has 8 heteroatoms. The lowest BCUT2D eigenvalue weighted by molar-refractivity contribution is 0.0942. The predicted octanol–water partition coefficient (Wildman–Crippen LogP) is 6.25. The molecule has 0 saturated heterocycles. The Labute approximate surface area is 181 Å². The first-order valence-electron chi connectivity index (χ1n) is 8.67. The van der Waals surface area contributed by atoms with Gasteiger partial charge in [0.25, 0.3) is 11.8 Å². The van der Waals surface area contributed by atoms with Crippen LogP contribution in [0.1, 0.15) is 44.1 Å². The van der Waals surface area contributed by atoms with Crippen molar-refractivity contribution in [1.82, 2.24) is 5.32 Å². The Bertz CT molecular complexity index is 1080. The molecule has 2 amide bonds. The maximum absolute atomic E-state index is 13.2. The van der Waals surface area contributed by atoms with Gasteiger partial charge in [-0.25, -0.2) is 4.39 Å². The van der Waals surface area contributed by atoms with Crippen molar-refractivity contribution in [2.24, 2.45) is 0 Å². The molecule has 2 aromatic carbocycles. The maximum atomic E-state index is 13.2.